The molecule has 0 aromatic heterocycles. The Morgan fingerprint density at radius 2 is 2.00 bits per heavy atom. The molecule has 1 aromatic carbocycles. The fourth-order valence-electron chi connectivity index (χ4n) is 2.21. The number of hydrogen-bond acceptors (Lipinski definition) is 2. The molecule has 0 aliphatic carbocycles. The lowest BCUT2D eigenvalue weighted by Crippen LogP contribution is -2.26. The molecule has 0 atom stereocenters. The number of hydrogen-bond donors (Lipinski definition) is 2. The van der Waals surface area contributed by atoms with Gasteiger partial charge in [0.25, 0.3) is 0 Å². The van der Waals surface area contributed by atoms with Gasteiger partial charge in [-0.05, 0) is 56.0 Å². The minimum absolute atomic E-state index is 0.213. The Labute approximate surface area is 95.3 Å². The molecule has 1 saturated heterocycles. The van der Waals surface area contributed by atoms with E-state index in [9.17, 15) is 5.11 Å². The van der Waals surface area contributed by atoms with Crippen LogP contribution in [0.3, 0.4) is 0 Å². The van der Waals surface area contributed by atoms with Gasteiger partial charge in [0.1, 0.15) is 5.75 Å². The summed E-state index contributed by atoms with van der Waals surface area (Å²) in [5.41, 5.74) is 2.18. The van der Waals surface area contributed by atoms with Crippen molar-refractivity contribution in [1.82, 2.24) is 5.32 Å². The topological polar surface area (TPSA) is 32.3 Å². The maximum absolute atomic E-state index is 9.66. The fourth-order valence-corrected chi connectivity index (χ4v) is 2.47. The number of phenols is 1. The first-order chi connectivity index (χ1) is 7.18. The van der Waals surface area contributed by atoms with Crippen molar-refractivity contribution < 1.29 is 5.11 Å². The van der Waals surface area contributed by atoms with Crippen LogP contribution >= 0.6 is 11.6 Å². The zero-order chi connectivity index (χ0) is 10.8. The number of halogens is 1. The van der Waals surface area contributed by atoms with Gasteiger partial charge in [0.05, 0.1) is 5.02 Å². The molecule has 2 nitrogen and oxygen atoms in total. The van der Waals surface area contributed by atoms with Gasteiger partial charge in [-0.1, -0.05) is 17.7 Å². The minimum Gasteiger partial charge on any atom is -0.506 e. The molecule has 0 spiro atoms. The van der Waals surface area contributed by atoms with E-state index in [-0.39, 0.29) is 5.75 Å². The van der Waals surface area contributed by atoms with E-state index in [0.29, 0.717) is 10.9 Å². The molecule has 1 heterocycles. The maximum Gasteiger partial charge on any atom is 0.134 e. The Morgan fingerprint density at radius 1 is 1.33 bits per heavy atom. The SMILES string of the molecule is Cc1cc(O)c(Cl)c(C2CCNCC2)c1. The van der Waals surface area contributed by atoms with Crippen LogP contribution in [0.25, 0.3) is 0 Å². The molecule has 15 heavy (non-hydrogen) atoms. The first-order valence-corrected chi connectivity index (χ1v) is 5.76. The molecule has 0 amide bonds. The van der Waals surface area contributed by atoms with Crippen molar-refractivity contribution in [2.75, 3.05) is 13.1 Å². The lowest BCUT2D eigenvalue weighted by Gasteiger charge is -2.24. The summed E-state index contributed by atoms with van der Waals surface area (Å²) >= 11 is 6.13. The van der Waals surface area contributed by atoms with Crippen molar-refractivity contribution in [2.24, 2.45) is 0 Å². The standard InChI is InChI=1S/C12H16ClNO/c1-8-6-10(12(13)11(15)7-8)9-2-4-14-5-3-9/h6-7,9,14-15H,2-5H2,1H3. The van der Waals surface area contributed by atoms with Crippen molar-refractivity contribution in [3.63, 3.8) is 0 Å². The smallest absolute Gasteiger partial charge is 0.134 e. The average molecular weight is 226 g/mol. The first kappa shape index (κ1) is 10.8. The van der Waals surface area contributed by atoms with Gasteiger partial charge in [-0.3, -0.25) is 0 Å². The van der Waals surface area contributed by atoms with Crippen molar-refractivity contribution in [3.8, 4) is 5.75 Å². The lowest BCUT2D eigenvalue weighted by molar-refractivity contribution is 0.451. The fraction of sp³-hybridized carbons (Fsp3) is 0.500. The van der Waals surface area contributed by atoms with Crippen molar-refractivity contribution in [1.29, 1.82) is 0 Å². The van der Waals surface area contributed by atoms with Gasteiger partial charge in [-0.25, -0.2) is 0 Å². The minimum atomic E-state index is 0.213. The molecule has 0 bridgehead atoms. The summed E-state index contributed by atoms with van der Waals surface area (Å²) in [4.78, 5) is 0. The van der Waals surface area contributed by atoms with Crippen LogP contribution in [-0.2, 0) is 0 Å². The molecule has 2 N–H and O–H groups in total. The molecule has 1 fully saturated rings. The molecule has 82 valence electrons. The third kappa shape index (κ3) is 2.27. The van der Waals surface area contributed by atoms with Crippen LogP contribution in [0.2, 0.25) is 5.02 Å². The van der Waals surface area contributed by atoms with E-state index in [1.807, 2.05) is 6.92 Å². The average Bonchev–Trinajstić information content (AvgIpc) is 2.24. The monoisotopic (exact) mass is 225 g/mol. The Kier molecular flexibility index (Phi) is 3.17. The van der Waals surface area contributed by atoms with E-state index >= 15 is 0 Å². The summed E-state index contributed by atoms with van der Waals surface area (Å²) in [6, 6.07) is 3.81. The third-order valence-electron chi connectivity index (χ3n) is 3.00. The summed E-state index contributed by atoms with van der Waals surface area (Å²) in [7, 11) is 0. The number of nitrogens with one attached hydrogen (secondary N) is 1. The van der Waals surface area contributed by atoms with Gasteiger partial charge in [-0.2, -0.15) is 0 Å². The second-order valence-electron chi connectivity index (χ2n) is 4.21. The van der Waals surface area contributed by atoms with Gasteiger partial charge in [0.15, 0.2) is 0 Å². The molecule has 0 unspecified atom stereocenters. The Bertz CT molecular complexity index is 359. The molecule has 0 radical (unpaired) electrons. The highest BCUT2D eigenvalue weighted by Gasteiger charge is 2.19. The molecule has 0 saturated carbocycles. The number of rotatable bonds is 1. The zero-order valence-electron chi connectivity index (χ0n) is 8.89. The van der Waals surface area contributed by atoms with Gasteiger partial charge >= 0.3 is 0 Å². The summed E-state index contributed by atoms with van der Waals surface area (Å²) in [6.45, 7) is 4.06. The van der Waals surface area contributed by atoms with Gasteiger partial charge in [-0.15, -0.1) is 0 Å². The largest absolute Gasteiger partial charge is 0.506 e. The van der Waals surface area contributed by atoms with Crippen LogP contribution in [0.15, 0.2) is 12.1 Å². The molecular weight excluding hydrogens is 210 g/mol. The quantitative estimate of drug-likeness (QED) is 0.771. The molecular formula is C12H16ClNO. The maximum atomic E-state index is 9.66. The predicted octanol–water partition coefficient (Wildman–Crippen LogP) is 2.82. The Balaban J connectivity index is 2.33. The molecule has 1 aliphatic heterocycles. The summed E-state index contributed by atoms with van der Waals surface area (Å²) in [6.07, 6.45) is 2.20. The van der Waals surface area contributed by atoms with Crippen molar-refractivity contribution >= 4 is 11.6 Å². The van der Waals surface area contributed by atoms with Crippen LogP contribution in [0.4, 0.5) is 0 Å². The van der Waals surface area contributed by atoms with E-state index in [1.165, 1.54) is 0 Å². The predicted molar refractivity (Wildman–Crippen MR) is 62.7 cm³/mol. The number of piperidine rings is 1. The number of aromatic hydroxyl groups is 1. The van der Waals surface area contributed by atoms with E-state index in [4.69, 9.17) is 11.6 Å². The van der Waals surface area contributed by atoms with Crippen LogP contribution in [0, 0.1) is 6.92 Å². The summed E-state index contributed by atoms with van der Waals surface area (Å²) < 4.78 is 0. The molecule has 3 heteroatoms. The molecule has 1 aromatic rings. The zero-order valence-corrected chi connectivity index (χ0v) is 9.64. The van der Waals surface area contributed by atoms with Gasteiger partial charge < -0.3 is 10.4 Å². The summed E-state index contributed by atoms with van der Waals surface area (Å²) in [5.74, 6) is 0.703. The normalized spacial score (nSPS) is 18.0. The van der Waals surface area contributed by atoms with Crippen LogP contribution in [0.5, 0.6) is 5.75 Å². The summed E-state index contributed by atoms with van der Waals surface area (Å²) in [5, 5.41) is 13.5. The number of phenolic OH excluding ortho intramolecular Hbond substituents is 1. The van der Waals surface area contributed by atoms with Crippen LogP contribution < -0.4 is 5.32 Å². The second kappa shape index (κ2) is 4.42. The lowest BCUT2D eigenvalue weighted by atomic mass is 9.89. The van der Waals surface area contributed by atoms with Crippen molar-refractivity contribution in [3.05, 3.63) is 28.3 Å². The number of benzene rings is 1. The second-order valence-corrected chi connectivity index (χ2v) is 4.59. The Hall–Kier alpha value is -0.730. The van der Waals surface area contributed by atoms with E-state index in [1.54, 1.807) is 6.07 Å². The van der Waals surface area contributed by atoms with Crippen LogP contribution in [0.1, 0.15) is 29.9 Å². The van der Waals surface area contributed by atoms with E-state index in [2.05, 4.69) is 11.4 Å². The highest BCUT2D eigenvalue weighted by Crippen LogP contribution is 2.36. The van der Waals surface area contributed by atoms with E-state index in [0.717, 1.165) is 37.1 Å². The van der Waals surface area contributed by atoms with Gasteiger partial charge in [0, 0.05) is 0 Å². The Morgan fingerprint density at radius 3 is 2.67 bits per heavy atom. The van der Waals surface area contributed by atoms with E-state index < -0.39 is 0 Å². The molecule has 1 aliphatic rings. The van der Waals surface area contributed by atoms with Gasteiger partial charge in [0.2, 0.25) is 0 Å². The molecule has 2 rings (SSSR count). The van der Waals surface area contributed by atoms with Crippen LogP contribution in [-0.4, -0.2) is 18.2 Å². The van der Waals surface area contributed by atoms with Crippen molar-refractivity contribution in [2.45, 2.75) is 25.7 Å². The number of aryl methyl sites for hydroxylation is 1. The first-order valence-electron chi connectivity index (χ1n) is 5.38. The highest BCUT2D eigenvalue weighted by molar-refractivity contribution is 6.32. The highest BCUT2D eigenvalue weighted by atomic mass is 35.5. The third-order valence-corrected chi connectivity index (χ3v) is 3.42.